The fourth-order valence-electron chi connectivity index (χ4n) is 7.46. The van der Waals surface area contributed by atoms with Crippen LogP contribution in [0.2, 0.25) is 5.02 Å². The number of nitrogens with zero attached hydrogens (tertiary/aromatic N) is 1. The molecule has 0 spiro atoms. The summed E-state index contributed by atoms with van der Waals surface area (Å²) in [5, 5.41) is 38.9. The lowest BCUT2D eigenvalue weighted by atomic mass is 9.57. The molecule has 11 heteroatoms. The zero-order chi connectivity index (χ0) is 31.5. The molecule has 1 amide bonds. The predicted molar refractivity (Wildman–Crippen MR) is 163 cm³/mol. The summed E-state index contributed by atoms with van der Waals surface area (Å²) in [4.78, 5) is 41.7. The molecule has 5 atom stereocenters. The van der Waals surface area contributed by atoms with E-state index in [0.717, 1.165) is 30.5 Å². The molecular formula is C33H36ClN3O7. The van der Waals surface area contributed by atoms with Gasteiger partial charge in [0.1, 0.15) is 29.4 Å². The summed E-state index contributed by atoms with van der Waals surface area (Å²) < 4.78 is 6.28. The van der Waals surface area contributed by atoms with E-state index in [-0.39, 0.29) is 36.6 Å². The largest absolute Gasteiger partial charge is 0.508 e. The molecule has 1 saturated heterocycles. The van der Waals surface area contributed by atoms with Gasteiger partial charge >= 0.3 is 0 Å². The molecule has 0 bridgehead atoms. The maximum Gasteiger partial charge on any atom is 0.255 e. The first-order valence-corrected chi connectivity index (χ1v) is 15.3. The highest BCUT2D eigenvalue weighted by Gasteiger charge is 2.64. The highest BCUT2D eigenvalue weighted by atomic mass is 35.5. The number of carbonyl (C=O) groups excluding carboxylic acids is 3. The van der Waals surface area contributed by atoms with Gasteiger partial charge in [-0.2, -0.15) is 0 Å². The highest BCUT2D eigenvalue weighted by Crippen LogP contribution is 2.54. The number of carbonyl (C=O) groups is 3. The van der Waals surface area contributed by atoms with Crippen LogP contribution in [0.4, 0.5) is 0 Å². The number of ether oxygens (including phenoxy) is 1. The number of benzene rings is 2. The van der Waals surface area contributed by atoms with E-state index < -0.39 is 58.0 Å². The van der Waals surface area contributed by atoms with Crippen LogP contribution in [0.25, 0.3) is 5.76 Å². The van der Waals surface area contributed by atoms with Crippen LogP contribution in [0.15, 0.2) is 53.3 Å². The first-order valence-electron chi connectivity index (χ1n) is 14.9. The Morgan fingerprint density at radius 1 is 1.23 bits per heavy atom. The second kappa shape index (κ2) is 11.3. The Bertz CT molecular complexity index is 1610. The molecule has 10 nitrogen and oxygen atoms in total. The van der Waals surface area contributed by atoms with E-state index in [2.05, 4.69) is 5.32 Å². The van der Waals surface area contributed by atoms with Crippen LogP contribution in [-0.2, 0) is 27.4 Å². The Morgan fingerprint density at radius 2 is 1.95 bits per heavy atom. The molecule has 4 aliphatic rings. The number of rotatable bonds is 7. The highest BCUT2D eigenvalue weighted by molar-refractivity contribution is 6.33. The van der Waals surface area contributed by atoms with Gasteiger partial charge in [-0.15, -0.1) is 0 Å². The van der Waals surface area contributed by atoms with E-state index in [0.29, 0.717) is 22.9 Å². The van der Waals surface area contributed by atoms with E-state index in [1.165, 1.54) is 0 Å². The molecule has 2 aromatic rings. The van der Waals surface area contributed by atoms with Crippen LogP contribution in [0, 0.1) is 11.8 Å². The van der Waals surface area contributed by atoms with Gasteiger partial charge in [0.2, 0.25) is 5.78 Å². The van der Waals surface area contributed by atoms with Crippen molar-refractivity contribution in [2.75, 3.05) is 20.1 Å². The molecule has 1 aliphatic heterocycles. The van der Waals surface area contributed by atoms with Gasteiger partial charge in [0.25, 0.3) is 5.91 Å². The molecule has 2 aromatic carbocycles. The smallest absolute Gasteiger partial charge is 0.255 e. The fourth-order valence-corrected chi connectivity index (χ4v) is 7.81. The molecule has 1 heterocycles. The number of ketones is 2. The van der Waals surface area contributed by atoms with Gasteiger partial charge in [-0.25, -0.2) is 0 Å². The molecule has 1 saturated carbocycles. The molecule has 3 aliphatic carbocycles. The molecule has 6 N–H and O–H groups in total. The number of nitrogens with two attached hydrogens (primary N) is 1. The number of amides is 1. The van der Waals surface area contributed by atoms with Gasteiger partial charge in [-0.05, 0) is 74.5 Å². The average molecular weight is 622 g/mol. The Balaban J connectivity index is 1.52. The van der Waals surface area contributed by atoms with Crippen molar-refractivity contribution in [1.82, 2.24) is 10.2 Å². The van der Waals surface area contributed by atoms with Gasteiger partial charge in [0, 0.05) is 22.6 Å². The third kappa shape index (κ3) is 4.54. The Morgan fingerprint density at radius 3 is 2.59 bits per heavy atom. The fraction of sp³-hybridized carbons (Fsp3) is 0.424. The van der Waals surface area contributed by atoms with Crippen molar-refractivity contribution in [3.63, 3.8) is 0 Å². The minimum Gasteiger partial charge on any atom is -0.508 e. The van der Waals surface area contributed by atoms with Crippen molar-refractivity contribution >= 4 is 34.8 Å². The summed E-state index contributed by atoms with van der Waals surface area (Å²) in [5.74, 6) is -5.85. The lowest BCUT2D eigenvalue weighted by Crippen LogP contribution is -2.66. The topological polar surface area (TPSA) is 162 Å². The van der Waals surface area contributed by atoms with Crippen molar-refractivity contribution in [3.8, 4) is 5.75 Å². The number of likely N-dealkylation sites (N-methyl/N-ethyl adjacent to an activating group) is 1. The number of aliphatic hydroxyl groups excluding tert-OH is 2. The van der Waals surface area contributed by atoms with E-state index in [9.17, 15) is 29.7 Å². The van der Waals surface area contributed by atoms with Crippen molar-refractivity contribution in [2.24, 2.45) is 17.6 Å². The van der Waals surface area contributed by atoms with Gasteiger partial charge in [0.05, 0.1) is 11.6 Å². The Hall–Kier alpha value is -3.70. The van der Waals surface area contributed by atoms with E-state index in [1.807, 2.05) is 30.3 Å². The monoisotopic (exact) mass is 621 g/mol. The van der Waals surface area contributed by atoms with Crippen molar-refractivity contribution in [2.45, 2.75) is 56.9 Å². The third-order valence-electron chi connectivity index (χ3n) is 9.76. The summed E-state index contributed by atoms with van der Waals surface area (Å²) in [7, 11) is 1.64. The lowest BCUT2D eigenvalue weighted by Gasteiger charge is -2.50. The van der Waals surface area contributed by atoms with Gasteiger partial charge < -0.3 is 31.1 Å². The Labute approximate surface area is 260 Å². The van der Waals surface area contributed by atoms with E-state index >= 15 is 0 Å². The Kier molecular flexibility index (Phi) is 7.82. The molecule has 2 fully saturated rings. The minimum atomic E-state index is -2.65. The second-order valence-electron chi connectivity index (χ2n) is 12.1. The molecular weight excluding hydrogens is 586 g/mol. The normalized spacial score (nSPS) is 28.2. The number of halogens is 1. The van der Waals surface area contributed by atoms with Gasteiger partial charge in [-0.1, -0.05) is 48.9 Å². The number of nitrogens with one attached hydrogen (secondary N) is 1. The van der Waals surface area contributed by atoms with Crippen LogP contribution in [-0.4, -0.2) is 69.5 Å². The van der Waals surface area contributed by atoms with Gasteiger partial charge in [-0.3, -0.25) is 19.3 Å². The molecule has 232 valence electrons. The van der Waals surface area contributed by atoms with E-state index in [1.54, 1.807) is 24.9 Å². The molecule has 0 aromatic heterocycles. The van der Waals surface area contributed by atoms with Crippen molar-refractivity contribution in [3.05, 3.63) is 80.6 Å². The first-order chi connectivity index (χ1) is 21.0. The van der Waals surface area contributed by atoms with Crippen LogP contribution in [0.3, 0.4) is 0 Å². The average Bonchev–Trinajstić information content (AvgIpc) is 3.54. The van der Waals surface area contributed by atoms with Crippen LogP contribution < -0.4 is 15.8 Å². The van der Waals surface area contributed by atoms with Crippen molar-refractivity contribution in [1.29, 1.82) is 0 Å². The molecule has 1 unspecified atom stereocenters. The predicted octanol–water partition coefficient (Wildman–Crippen LogP) is 3.31. The zero-order valence-corrected chi connectivity index (χ0v) is 25.4. The summed E-state index contributed by atoms with van der Waals surface area (Å²) >= 11 is 7.07. The molecule has 6 rings (SSSR count). The summed E-state index contributed by atoms with van der Waals surface area (Å²) in [5.41, 5.74) is 4.51. The number of Topliss-reactive ketones (excluding diaryl/α,β-unsaturated/α-hetero) is 2. The number of hydrogen-bond donors (Lipinski definition) is 5. The maximum absolute atomic E-state index is 14.3. The van der Waals surface area contributed by atoms with Crippen LogP contribution >= 0.6 is 11.6 Å². The van der Waals surface area contributed by atoms with Gasteiger partial charge in [0.15, 0.2) is 11.4 Å². The quantitative estimate of drug-likeness (QED) is 0.292. The zero-order valence-electron chi connectivity index (χ0n) is 24.6. The van der Waals surface area contributed by atoms with Crippen LogP contribution in [0.1, 0.15) is 54.5 Å². The lowest BCUT2D eigenvalue weighted by molar-refractivity contribution is -0.154. The van der Waals surface area contributed by atoms with Crippen LogP contribution in [0.5, 0.6) is 5.75 Å². The van der Waals surface area contributed by atoms with E-state index in [4.69, 9.17) is 22.1 Å². The number of aliphatic hydroxyl groups is 3. The summed E-state index contributed by atoms with van der Waals surface area (Å²) in [6, 6.07) is 10.2. The maximum atomic E-state index is 14.3. The van der Waals surface area contributed by atoms with Crippen molar-refractivity contribution < 1.29 is 34.4 Å². The summed E-state index contributed by atoms with van der Waals surface area (Å²) in [6.45, 7) is 3.19. The third-order valence-corrected chi connectivity index (χ3v) is 10.2. The number of hydrogen-bond acceptors (Lipinski definition) is 9. The summed E-state index contributed by atoms with van der Waals surface area (Å²) in [6.07, 6.45) is 2.15. The number of fused-ring (bicyclic) bond motifs is 3. The number of primary amides is 1. The SMILES string of the molecule is CCN(C)[C@@H]1C(=O)C(C(N)=O)=C(O)[C@@]2(O)C(=O)C3=C(O)c4c(OCc5ccccc5)cc(C5CCCN5)c(Cl)c4C[C@H]3C[C@@H]12. The standard InChI is InChI=1S/C33H36ClN3O7/c1-3-37(2)27-20-13-17-12-19-24(28(38)23(17)30(40)33(20,43)31(41)25(29(27)39)32(35)42)22(44-15-16-8-5-4-6-9-16)14-18(26(19)34)21-10-7-11-36-21/h4-6,8-9,14,17,20-21,27,36,38,41,43H,3,7,10-13,15H2,1-2H3,(H2,35,42)/t17-,20-,21?,27-,33-/m0/s1. The second-order valence-corrected chi connectivity index (χ2v) is 12.5. The molecule has 44 heavy (non-hydrogen) atoms. The minimum absolute atomic E-state index is 0.00895. The molecule has 0 radical (unpaired) electrons. The first kappa shape index (κ1) is 30.3.